The number of rotatable bonds is 56. The molecular weight excluding hydrogens is 827 g/mol. The number of allylic oxidation sites excluding steroid dienone is 3. The molecule has 1 amide bonds. The van der Waals surface area contributed by atoms with Crippen molar-refractivity contribution in [3.8, 4) is 0 Å². The number of nitrogens with one attached hydrogen (secondary N) is 1. The zero-order valence-electron chi connectivity index (χ0n) is 45.1. The molecule has 0 aromatic heterocycles. The number of esters is 1. The lowest BCUT2D eigenvalue weighted by Gasteiger charge is -2.20. The normalized spacial score (nSPS) is 12.7. The molecule has 0 aliphatic carbocycles. The predicted molar refractivity (Wildman–Crippen MR) is 292 cm³/mol. The van der Waals surface area contributed by atoms with Crippen LogP contribution >= 0.6 is 0 Å². The smallest absolute Gasteiger partial charge is 0.305 e. The van der Waals surface area contributed by atoms with Crippen LogP contribution in [-0.2, 0) is 14.3 Å². The van der Waals surface area contributed by atoms with Crippen LogP contribution in [0.3, 0.4) is 0 Å². The number of ether oxygens (including phenoxy) is 1. The van der Waals surface area contributed by atoms with Crippen molar-refractivity contribution in [2.24, 2.45) is 0 Å². The quantitative estimate of drug-likeness (QED) is 0.0321. The summed E-state index contributed by atoms with van der Waals surface area (Å²) in [4.78, 5) is 24.5. The van der Waals surface area contributed by atoms with Gasteiger partial charge in [-0.2, -0.15) is 0 Å². The molecule has 2 atom stereocenters. The summed E-state index contributed by atoms with van der Waals surface area (Å²) in [5, 5.41) is 23.1. The zero-order valence-corrected chi connectivity index (χ0v) is 45.1. The summed E-state index contributed by atoms with van der Waals surface area (Å²) >= 11 is 0. The summed E-state index contributed by atoms with van der Waals surface area (Å²) in [5.41, 5.74) is 0. The second-order valence-electron chi connectivity index (χ2n) is 20.7. The standard InChI is InChI=1S/C61H117NO5/c1-3-5-7-9-11-13-15-17-25-29-33-37-41-45-49-53-59(64)58(57-63)62-60(65)54-50-46-42-38-34-30-27-23-21-19-20-22-24-28-32-36-40-44-48-52-56-67-61(66)55-51-47-43-39-35-31-26-18-16-14-12-10-8-6-4-2/h19,21,49,53,58-59,63-64H,3-18,20,22-48,50-52,54-57H2,1-2H3,(H,62,65)/b21-19-,53-49+. The first-order valence-electron chi connectivity index (χ1n) is 30.1. The van der Waals surface area contributed by atoms with Gasteiger partial charge in [-0.15, -0.1) is 0 Å². The Morgan fingerprint density at radius 3 is 1.06 bits per heavy atom. The molecule has 0 spiro atoms. The van der Waals surface area contributed by atoms with Crippen LogP contribution in [0.15, 0.2) is 24.3 Å². The van der Waals surface area contributed by atoms with Crippen LogP contribution in [0.5, 0.6) is 0 Å². The van der Waals surface area contributed by atoms with Gasteiger partial charge < -0.3 is 20.3 Å². The molecule has 0 aromatic carbocycles. The molecular formula is C61H117NO5. The van der Waals surface area contributed by atoms with Crippen LogP contribution in [0.1, 0.15) is 328 Å². The fraction of sp³-hybridized carbons (Fsp3) is 0.902. The van der Waals surface area contributed by atoms with Crippen LogP contribution in [0.2, 0.25) is 0 Å². The highest BCUT2D eigenvalue weighted by molar-refractivity contribution is 5.76. The number of carbonyl (C=O) groups excluding carboxylic acids is 2. The Labute approximate surface area is 418 Å². The Morgan fingerprint density at radius 1 is 0.403 bits per heavy atom. The monoisotopic (exact) mass is 944 g/mol. The molecule has 0 aromatic rings. The molecule has 0 fully saturated rings. The van der Waals surface area contributed by atoms with Gasteiger partial charge in [0.25, 0.3) is 0 Å². The molecule has 67 heavy (non-hydrogen) atoms. The highest BCUT2D eigenvalue weighted by Crippen LogP contribution is 2.17. The summed E-state index contributed by atoms with van der Waals surface area (Å²) in [6.07, 6.45) is 69.2. The first kappa shape index (κ1) is 65.3. The summed E-state index contributed by atoms with van der Waals surface area (Å²) in [6, 6.07) is -0.633. The Kier molecular flexibility index (Phi) is 55.5. The maximum absolute atomic E-state index is 12.5. The largest absolute Gasteiger partial charge is 0.466 e. The van der Waals surface area contributed by atoms with E-state index >= 15 is 0 Å². The minimum atomic E-state index is -0.849. The van der Waals surface area contributed by atoms with Gasteiger partial charge in [-0.25, -0.2) is 0 Å². The average Bonchev–Trinajstić information content (AvgIpc) is 3.33. The van der Waals surface area contributed by atoms with Crippen molar-refractivity contribution >= 4 is 11.9 Å². The van der Waals surface area contributed by atoms with E-state index in [9.17, 15) is 19.8 Å². The van der Waals surface area contributed by atoms with Crippen LogP contribution in [0.25, 0.3) is 0 Å². The highest BCUT2D eigenvalue weighted by atomic mass is 16.5. The molecule has 3 N–H and O–H groups in total. The lowest BCUT2D eigenvalue weighted by molar-refractivity contribution is -0.143. The van der Waals surface area contributed by atoms with Gasteiger partial charge in [-0.1, -0.05) is 282 Å². The van der Waals surface area contributed by atoms with Gasteiger partial charge in [0.15, 0.2) is 0 Å². The number of hydrogen-bond acceptors (Lipinski definition) is 5. The van der Waals surface area contributed by atoms with E-state index < -0.39 is 12.1 Å². The highest BCUT2D eigenvalue weighted by Gasteiger charge is 2.18. The first-order chi connectivity index (χ1) is 33.0. The maximum Gasteiger partial charge on any atom is 0.305 e. The Bertz CT molecular complexity index is 1040. The first-order valence-corrected chi connectivity index (χ1v) is 30.1. The maximum atomic E-state index is 12.5. The second kappa shape index (κ2) is 56.9. The fourth-order valence-corrected chi connectivity index (χ4v) is 9.34. The molecule has 0 saturated carbocycles. The molecule has 0 aliphatic heterocycles. The minimum Gasteiger partial charge on any atom is -0.466 e. The van der Waals surface area contributed by atoms with E-state index in [-0.39, 0.29) is 18.5 Å². The van der Waals surface area contributed by atoms with Gasteiger partial charge in [-0.3, -0.25) is 9.59 Å². The van der Waals surface area contributed by atoms with Gasteiger partial charge >= 0.3 is 5.97 Å². The second-order valence-corrected chi connectivity index (χ2v) is 20.7. The van der Waals surface area contributed by atoms with Gasteiger partial charge in [0.2, 0.25) is 5.91 Å². The molecule has 0 heterocycles. The molecule has 6 heteroatoms. The van der Waals surface area contributed by atoms with Gasteiger partial charge in [0.05, 0.1) is 25.4 Å². The average molecular weight is 945 g/mol. The number of amides is 1. The number of aliphatic hydroxyl groups excluding tert-OH is 2. The topological polar surface area (TPSA) is 95.9 Å². The van der Waals surface area contributed by atoms with Crippen molar-refractivity contribution in [2.45, 2.75) is 341 Å². The predicted octanol–water partition coefficient (Wildman–Crippen LogP) is 18.6. The minimum absolute atomic E-state index is 0.00864. The number of unbranched alkanes of at least 4 members (excludes halogenated alkanes) is 43. The summed E-state index contributed by atoms with van der Waals surface area (Å²) in [7, 11) is 0. The van der Waals surface area contributed by atoms with E-state index in [1.165, 1.54) is 257 Å². The van der Waals surface area contributed by atoms with Crippen LogP contribution in [0, 0.1) is 0 Å². The van der Waals surface area contributed by atoms with Crippen molar-refractivity contribution < 1.29 is 24.5 Å². The molecule has 0 aliphatic rings. The van der Waals surface area contributed by atoms with Crippen molar-refractivity contribution in [1.82, 2.24) is 5.32 Å². The molecule has 2 unspecified atom stereocenters. The fourth-order valence-electron chi connectivity index (χ4n) is 9.34. The van der Waals surface area contributed by atoms with Crippen molar-refractivity contribution in [3.63, 3.8) is 0 Å². The molecule has 0 radical (unpaired) electrons. The zero-order chi connectivity index (χ0) is 48.6. The SMILES string of the molecule is CCCCCCCCCCCCCCC/C=C/C(O)C(CO)NC(=O)CCCCCCCCC/C=C\CCCCCCCCCCCOC(=O)CCCCCCCCCCCCCCCCC. The Hall–Kier alpha value is -1.66. The third-order valence-electron chi connectivity index (χ3n) is 14.0. The van der Waals surface area contributed by atoms with Crippen LogP contribution < -0.4 is 5.32 Å². The van der Waals surface area contributed by atoms with Crippen LogP contribution in [-0.4, -0.2) is 47.4 Å². The number of hydrogen-bond donors (Lipinski definition) is 3. The summed E-state index contributed by atoms with van der Waals surface area (Å²) in [5.74, 6) is -0.0666. The molecule has 0 saturated heterocycles. The van der Waals surface area contributed by atoms with Crippen molar-refractivity contribution in [3.05, 3.63) is 24.3 Å². The van der Waals surface area contributed by atoms with E-state index in [1.807, 2.05) is 6.08 Å². The third kappa shape index (κ3) is 53.5. The molecule has 396 valence electrons. The number of aliphatic hydroxyl groups is 2. The van der Waals surface area contributed by atoms with E-state index in [4.69, 9.17) is 4.74 Å². The van der Waals surface area contributed by atoms with Gasteiger partial charge in [-0.05, 0) is 57.8 Å². The van der Waals surface area contributed by atoms with Crippen LogP contribution in [0.4, 0.5) is 0 Å². The lowest BCUT2D eigenvalue weighted by atomic mass is 10.0. The molecule has 0 bridgehead atoms. The summed E-state index contributed by atoms with van der Waals surface area (Å²) in [6.45, 7) is 4.91. The van der Waals surface area contributed by atoms with Crippen molar-refractivity contribution in [2.75, 3.05) is 13.2 Å². The van der Waals surface area contributed by atoms with E-state index in [0.717, 1.165) is 44.9 Å². The van der Waals surface area contributed by atoms with E-state index in [2.05, 4.69) is 31.3 Å². The van der Waals surface area contributed by atoms with Gasteiger partial charge in [0, 0.05) is 12.8 Å². The van der Waals surface area contributed by atoms with E-state index in [0.29, 0.717) is 19.4 Å². The Balaban J connectivity index is 3.44. The molecule has 0 rings (SSSR count). The van der Waals surface area contributed by atoms with Crippen molar-refractivity contribution in [1.29, 1.82) is 0 Å². The number of carbonyl (C=O) groups is 2. The van der Waals surface area contributed by atoms with Gasteiger partial charge in [0.1, 0.15) is 0 Å². The Morgan fingerprint density at radius 2 is 0.701 bits per heavy atom. The third-order valence-corrected chi connectivity index (χ3v) is 14.0. The molecule has 6 nitrogen and oxygen atoms in total. The summed E-state index contributed by atoms with van der Waals surface area (Å²) < 4.78 is 5.48. The van der Waals surface area contributed by atoms with E-state index in [1.54, 1.807) is 6.08 Å². The lowest BCUT2D eigenvalue weighted by Crippen LogP contribution is -2.45.